The summed E-state index contributed by atoms with van der Waals surface area (Å²) in [4.78, 5) is 38.1. The van der Waals surface area contributed by atoms with Gasteiger partial charge in [-0.3, -0.25) is 0 Å². The number of pyridine rings is 1. The number of aryl methyl sites for hydroxylation is 1. The Hall–Kier alpha value is -3.40. The van der Waals surface area contributed by atoms with Gasteiger partial charge in [0, 0.05) is 25.7 Å². The molecule has 192 valence electrons. The van der Waals surface area contributed by atoms with Crippen LogP contribution in [0.15, 0.2) is 29.1 Å². The molecule has 1 fully saturated rings. The minimum atomic E-state index is -0.728. The number of rotatable bonds is 3. The van der Waals surface area contributed by atoms with Gasteiger partial charge in [-0.1, -0.05) is 23.7 Å². The number of benzene rings is 1. The second-order valence-corrected chi connectivity index (χ2v) is 10.1. The third kappa shape index (κ3) is 4.82. The summed E-state index contributed by atoms with van der Waals surface area (Å²) in [5.41, 5.74) is 0.132. The summed E-state index contributed by atoms with van der Waals surface area (Å²) in [5, 5.41) is -0.0393. The van der Waals surface area contributed by atoms with E-state index in [-0.39, 0.29) is 22.7 Å². The molecule has 0 saturated carbocycles. The average Bonchev–Trinajstić information content (AvgIpc) is 2.79. The monoisotopic (exact) mass is 517 g/mol. The van der Waals surface area contributed by atoms with E-state index in [1.807, 2.05) is 45.6 Å². The highest BCUT2D eigenvalue weighted by Gasteiger charge is 2.32. The summed E-state index contributed by atoms with van der Waals surface area (Å²) in [6.07, 6.45) is -0.409. The van der Waals surface area contributed by atoms with E-state index in [0.29, 0.717) is 36.5 Å². The number of para-hydroxylation sites is 1. The van der Waals surface area contributed by atoms with Crippen LogP contribution in [0.2, 0.25) is 5.15 Å². The van der Waals surface area contributed by atoms with Gasteiger partial charge in [0.05, 0.1) is 18.2 Å². The Bertz CT molecular complexity index is 1390. The van der Waals surface area contributed by atoms with E-state index in [4.69, 9.17) is 21.1 Å². The van der Waals surface area contributed by atoms with Crippen molar-refractivity contribution in [3.63, 3.8) is 0 Å². The van der Waals surface area contributed by atoms with Gasteiger partial charge in [-0.25, -0.2) is 23.5 Å². The number of hydrogen-bond donors (Lipinski definition) is 0. The number of nitrogens with zero attached hydrogens (tertiary/aromatic N) is 5. The summed E-state index contributed by atoms with van der Waals surface area (Å²) in [6, 6.07) is 6.35. The first-order valence-electron chi connectivity index (χ1n) is 11.6. The van der Waals surface area contributed by atoms with Gasteiger partial charge in [0.1, 0.15) is 17.2 Å². The maximum absolute atomic E-state index is 14.7. The lowest BCUT2D eigenvalue weighted by Gasteiger charge is -2.41. The fourth-order valence-electron chi connectivity index (χ4n) is 4.35. The van der Waals surface area contributed by atoms with Crippen LogP contribution in [0.3, 0.4) is 0 Å². The summed E-state index contributed by atoms with van der Waals surface area (Å²) in [5.74, 6) is -0.0121. The molecule has 1 amide bonds. The van der Waals surface area contributed by atoms with Gasteiger partial charge in [-0.05, 0) is 52.3 Å². The first-order chi connectivity index (χ1) is 16.9. The van der Waals surface area contributed by atoms with E-state index in [9.17, 15) is 14.0 Å². The number of carbonyl (C=O) groups is 1. The van der Waals surface area contributed by atoms with Crippen LogP contribution >= 0.6 is 11.6 Å². The molecule has 4 rings (SSSR count). The van der Waals surface area contributed by atoms with E-state index in [1.165, 1.54) is 17.7 Å². The minimum absolute atomic E-state index is 0.158. The molecule has 0 spiro atoms. The molecule has 36 heavy (non-hydrogen) atoms. The van der Waals surface area contributed by atoms with Crippen molar-refractivity contribution >= 4 is 34.5 Å². The van der Waals surface area contributed by atoms with Crippen LogP contribution in [-0.4, -0.2) is 63.9 Å². The predicted octanol–water partition coefficient (Wildman–Crippen LogP) is 4.34. The Kier molecular flexibility index (Phi) is 6.83. The van der Waals surface area contributed by atoms with Gasteiger partial charge in [0.25, 0.3) is 0 Å². The molecule has 1 saturated heterocycles. The maximum atomic E-state index is 14.7. The molecule has 0 N–H and O–H groups in total. The highest BCUT2D eigenvalue weighted by atomic mass is 35.5. The molecule has 1 aromatic carbocycles. The van der Waals surface area contributed by atoms with Gasteiger partial charge in [-0.2, -0.15) is 4.98 Å². The van der Waals surface area contributed by atoms with Crippen LogP contribution in [-0.2, 0) is 4.74 Å². The molecular formula is C25H29ClFN5O4. The summed E-state index contributed by atoms with van der Waals surface area (Å²) in [6.45, 7) is 10.2. The SMILES string of the molecule is COc1cccc(C)c1-n1c(=O)nc(N2CCN(C(=O)OC(C)(C)C)C[C@@H]2C)c2cc(F)c(Cl)nc21. The molecule has 0 unspecified atom stereocenters. The predicted molar refractivity (Wildman–Crippen MR) is 136 cm³/mol. The third-order valence-corrected chi connectivity index (χ3v) is 6.22. The van der Waals surface area contributed by atoms with E-state index >= 15 is 0 Å². The Balaban J connectivity index is 1.83. The number of methoxy groups -OCH3 is 1. The van der Waals surface area contributed by atoms with Crippen molar-refractivity contribution in [2.24, 2.45) is 0 Å². The molecule has 1 aliphatic rings. The molecule has 1 atom stereocenters. The Morgan fingerprint density at radius 1 is 1.22 bits per heavy atom. The first-order valence-corrected chi connectivity index (χ1v) is 12.0. The zero-order chi connectivity index (χ0) is 26.4. The highest BCUT2D eigenvalue weighted by molar-refractivity contribution is 6.30. The van der Waals surface area contributed by atoms with Crippen LogP contribution in [0.25, 0.3) is 16.7 Å². The smallest absolute Gasteiger partial charge is 0.410 e. The summed E-state index contributed by atoms with van der Waals surface area (Å²) < 4.78 is 26.9. The van der Waals surface area contributed by atoms with Gasteiger partial charge in [-0.15, -0.1) is 0 Å². The lowest BCUT2D eigenvalue weighted by Crippen LogP contribution is -2.55. The van der Waals surface area contributed by atoms with Crippen LogP contribution in [0, 0.1) is 12.7 Å². The van der Waals surface area contributed by atoms with E-state index in [2.05, 4.69) is 9.97 Å². The van der Waals surface area contributed by atoms with Crippen molar-refractivity contribution in [3.8, 4) is 11.4 Å². The number of aromatic nitrogens is 3. The zero-order valence-corrected chi connectivity index (χ0v) is 21.9. The number of amides is 1. The van der Waals surface area contributed by atoms with Crippen molar-refractivity contribution in [1.29, 1.82) is 0 Å². The summed E-state index contributed by atoms with van der Waals surface area (Å²) >= 11 is 6.06. The molecule has 2 aromatic heterocycles. The molecular weight excluding hydrogens is 489 g/mol. The fourth-order valence-corrected chi connectivity index (χ4v) is 4.49. The molecule has 1 aliphatic heterocycles. The largest absolute Gasteiger partial charge is 0.495 e. The van der Waals surface area contributed by atoms with Crippen molar-refractivity contribution in [2.45, 2.75) is 46.3 Å². The molecule has 3 aromatic rings. The van der Waals surface area contributed by atoms with Gasteiger partial charge in [0.15, 0.2) is 16.6 Å². The van der Waals surface area contributed by atoms with Crippen LogP contribution < -0.4 is 15.3 Å². The Labute approximate surface area is 213 Å². The Morgan fingerprint density at radius 3 is 2.58 bits per heavy atom. The van der Waals surface area contributed by atoms with Crippen molar-refractivity contribution < 1.29 is 18.7 Å². The van der Waals surface area contributed by atoms with Crippen molar-refractivity contribution in [3.05, 3.63) is 51.3 Å². The van der Waals surface area contributed by atoms with Crippen molar-refractivity contribution in [1.82, 2.24) is 19.4 Å². The second-order valence-electron chi connectivity index (χ2n) is 9.78. The lowest BCUT2D eigenvalue weighted by molar-refractivity contribution is 0.0218. The standard InChI is InChI=1S/C25H29ClFN5O4/c1-14-8-7-9-18(35-6)19(14)32-22-16(12-17(27)20(26)28-22)21(29-23(32)33)31-11-10-30(13-15(31)2)24(34)36-25(3,4)5/h7-9,12,15H,10-11,13H2,1-6H3/t15-/m0/s1. The molecule has 11 heteroatoms. The lowest BCUT2D eigenvalue weighted by atomic mass is 10.1. The van der Waals surface area contributed by atoms with E-state index in [1.54, 1.807) is 17.0 Å². The molecule has 9 nitrogen and oxygen atoms in total. The minimum Gasteiger partial charge on any atom is -0.495 e. The number of anilines is 1. The molecule has 0 aliphatic carbocycles. The number of fused-ring (bicyclic) bond motifs is 1. The average molecular weight is 518 g/mol. The van der Waals surface area contributed by atoms with E-state index in [0.717, 1.165) is 5.56 Å². The third-order valence-electron chi connectivity index (χ3n) is 5.95. The van der Waals surface area contributed by atoms with Gasteiger partial charge < -0.3 is 19.3 Å². The van der Waals surface area contributed by atoms with E-state index < -0.39 is 23.2 Å². The first kappa shape index (κ1) is 25.7. The normalized spacial score (nSPS) is 16.4. The fraction of sp³-hybridized carbons (Fsp3) is 0.440. The maximum Gasteiger partial charge on any atom is 0.410 e. The second kappa shape index (κ2) is 9.57. The molecule has 0 radical (unpaired) electrons. The molecule has 0 bridgehead atoms. The topological polar surface area (TPSA) is 89.8 Å². The quantitative estimate of drug-likeness (QED) is 0.477. The van der Waals surface area contributed by atoms with Gasteiger partial charge >= 0.3 is 11.8 Å². The number of carbonyl (C=O) groups excluding carboxylic acids is 1. The highest BCUT2D eigenvalue weighted by Crippen LogP contribution is 2.33. The zero-order valence-electron chi connectivity index (χ0n) is 21.1. The summed E-state index contributed by atoms with van der Waals surface area (Å²) in [7, 11) is 1.50. The van der Waals surface area contributed by atoms with Crippen LogP contribution in [0.1, 0.15) is 33.3 Å². The van der Waals surface area contributed by atoms with Crippen LogP contribution in [0.5, 0.6) is 5.75 Å². The Morgan fingerprint density at radius 2 is 1.94 bits per heavy atom. The molecule has 3 heterocycles. The van der Waals surface area contributed by atoms with Gasteiger partial charge in [0.2, 0.25) is 0 Å². The van der Waals surface area contributed by atoms with Crippen LogP contribution in [0.4, 0.5) is 15.0 Å². The number of halogens is 2. The van der Waals surface area contributed by atoms with Crippen molar-refractivity contribution in [2.75, 3.05) is 31.6 Å². The number of hydrogen-bond acceptors (Lipinski definition) is 7. The number of ether oxygens (including phenoxy) is 2. The number of piperazine rings is 1.